The summed E-state index contributed by atoms with van der Waals surface area (Å²) in [4.78, 5) is 35.9. The first-order chi connectivity index (χ1) is 16.5. The maximum Gasteiger partial charge on any atom is 0.332 e. The molecule has 0 amide bonds. The van der Waals surface area contributed by atoms with Crippen LogP contribution in [0.2, 0.25) is 0 Å². The van der Waals surface area contributed by atoms with Crippen LogP contribution in [0.25, 0.3) is 11.2 Å². The van der Waals surface area contributed by atoms with Crippen LogP contribution in [0.1, 0.15) is 37.7 Å². The summed E-state index contributed by atoms with van der Waals surface area (Å²) in [6, 6.07) is 8.23. The Morgan fingerprint density at radius 3 is 2.56 bits per heavy atom. The maximum atomic E-state index is 13.3. The molecule has 2 aliphatic rings. The second-order valence-electron chi connectivity index (χ2n) is 9.58. The van der Waals surface area contributed by atoms with Crippen molar-refractivity contribution in [2.45, 2.75) is 44.7 Å². The SMILES string of the molecule is COc1cccc(Cn2c(N3CCCCC3CN3CCCC3)nc3c2c(=O)n(C)c(=O)n3C)c1. The zero-order valence-electron chi connectivity index (χ0n) is 20.4. The number of rotatable bonds is 6. The first-order valence-electron chi connectivity index (χ1n) is 12.3. The van der Waals surface area contributed by atoms with E-state index in [9.17, 15) is 9.59 Å². The Bertz CT molecular complexity index is 1300. The summed E-state index contributed by atoms with van der Waals surface area (Å²) in [6.45, 7) is 4.69. The number of fused-ring (bicyclic) bond motifs is 1. The molecule has 9 nitrogen and oxygen atoms in total. The molecule has 1 aromatic carbocycles. The van der Waals surface area contributed by atoms with Gasteiger partial charge in [0, 0.05) is 33.2 Å². The van der Waals surface area contributed by atoms with Crippen molar-refractivity contribution in [1.82, 2.24) is 23.6 Å². The minimum atomic E-state index is -0.359. The van der Waals surface area contributed by atoms with E-state index in [0.717, 1.165) is 56.3 Å². The molecule has 2 aliphatic heterocycles. The monoisotopic (exact) mass is 466 g/mol. The van der Waals surface area contributed by atoms with E-state index in [0.29, 0.717) is 23.8 Å². The lowest BCUT2D eigenvalue weighted by Gasteiger charge is -2.38. The molecule has 0 bridgehead atoms. The van der Waals surface area contributed by atoms with Crippen molar-refractivity contribution in [3.63, 3.8) is 0 Å². The molecule has 4 heterocycles. The molecule has 0 aliphatic carbocycles. The van der Waals surface area contributed by atoms with Crippen LogP contribution in [-0.4, -0.2) is 62.9 Å². The van der Waals surface area contributed by atoms with Gasteiger partial charge in [-0.1, -0.05) is 12.1 Å². The topological polar surface area (TPSA) is 77.5 Å². The van der Waals surface area contributed by atoms with Crippen LogP contribution in [0, 0.1) is 0 Å². The fourth-order valence-electron chi connectivity index (χ4n) is 5.47. The molecule has 0 saturated carbocycles. The molecule has 34 heavy (non-hydrogen) atoms. The quantitative estimate of drug-likeness (QED) is 0.553. The van der Waals surface area contributed by atoms with Gasteiger partial charge in [0.05, 0.1) is 13.7 Å². The highest BCUT2D eigenvalue weighted by Crippen LogP contribution is 2.29. The van der Waals surface area contributed by atoms with Gasteiger partial charge in [0.2, 0.25) is 5.95 Å². The summed E-state index contributed by atoms with van der Waals surface area (Å²) in [5, 5.41) is 0. The van der Waals surface area contributed by atoms with Crippen LogP contribution in [-0.2, 0) is 20.6 Å². The highest BCUT2D eigenvalue weighted by atomic mass is 16.5. The molecule has 3 aromatic rings. The number of aryl methyl sites for hydroxylation is 1. The Hall–Kier alpha value is -3.07. The standard InChI is InChI=1S/C25H34N6O3/c1-27-22-21(23(32)28(2)25(27)33)31(16-18-9-8-11-20(15-18)34-3)24(26-22)30-14-5-4-10-19(30)17-29-12-6-7-13-29/h8-9,11,15,19H,4-7,10,12-14,16-17H2,1-3H3. The highest BCUT2D eigenvalue weighted by Gasteiger charge is 2.31. The van der Waals surface area contributed by atoms with E-state index >= 15 is 0 Å². The van der Waals surface area contributed by atoms with Crippen molar-refractivity contribution in [2.75, 3.05) is 38.2 Å². The molecular weight excluding hydrogens is 432 g/mol. The zero-order chi connectivity index (χ0) is 23.8. The predicted molar refractivity (Wildman–Crippen MR) is 133 cm³/mol. The van der Waals surface area contributed by atoms with Gasteiger partial charge in [-0.15, -0.1) is 0 Å². The second-order valence-corrected chi connectivity index (χ2v) is 9.58. The summed E-state index contributed by atoms with van der Waals surface area (Å²) >= 11 is 0. The molecule has 2 aromatic heterocycles. The zero-order valence-corrected chi connectivity index (χ0v) is 20.4. The van der Waals surface area contributed by atoms with E-state index in [1.165, 1.54) is 35.4 Å². The Kier molecular flexibility index (Phi) is 6.20. The third-order valence-corrected chi connectivity index (χ3v) is 7.35. The van der Waals surface area contributed by atoms with Gasteiger partial charge in [-0.05, 0) is 62.9 Å². The van der Waals surface area contributed by atoms with E-state index in [2.05, 4.69) is 9.80 Å². The van der Waals surface area contributed by atoms with Crippen LogP contribution in [0.4, 0.5) is 5.95 Å². The molecule has 2 fully saturated rings. The van der Waals surface area contributed by atoms with Gasteiger partial charge in [0.1, 0.15) is 5.75 Å². The number of piperidine rings is 1. The number of likely N-dealkylation sites (tertiary alicyclic amines) is 1. The van der Waals surface area contributed by atoms with Crippen molar-refractivity contribution < 1.29 is 4.74 Å². The Morgan fingerprint density at radius 1 is 1.03 bits per heavy atom. The fraction of sp³-hybridized carbons (Fsp3) is 0.560. The minimum absolute atomic E-state index is 0.312. The van der Waals surface area contributed by atoms with Gasteiger partial charge in [0.15, 0.2) is 11.2 Å². The van der Waals surface area contributed by atoms with Crippen molar-refractivity contribution in [3.05, 3.63) is 50.7 Å². The Balaban J connectivity index is 1.65. The average molecular weight is 467 g/mol. The average Bonchev–Trinajstić information content (AvgIpc) is 3.50. The van der Waals surface area contributed by atoms with Crippen molar-refractivity contribution in [1.29, 1.82) is 0 Å². The normalized spacial score (nSPS) is 19.3. The number of hydrogen-bond acceptors (Lipinski definition) is 6. The number of ether oxygens (including phenoxy) is 1. The molecular formula is C25H34N6O3. The Labute approximate surface area is 199 Å². The number of anilines is 1. The number of imidazole rings is 1. The van der Waals surface area contributed by atoms with E-state index in [-0.39, 0.29) is 11.2 Å². The van der Waals surface area contributed by atoms with E-state index in [1.807, 2.05) is 28.8 Å². The maximum absolute atomic E-state index is 13.3. The number of aromatic nitrogens is 4. The number of nitrogens with zero attached hydrogens (tertiary/aromatic N) is 6. The summed E-state index contributed by atoms with van der Waals surface area (Å²) in [5.41, 5.74) is 1.25. The molecule has 5 rings (SSSR count). The van der Waals surface area contributed by atoms with Crippen LogP contribution in [0.3, 0.4) is 0 Å². The molecule has 1 atom stereocenters. The van der Waals surface area contributed by atoms with Crippen LogP contribution in [0.15, 0.2) is 33.9 Å². The van der Waals surface area contributed by atoms with Crippen LogP contribution < -0.4 is 20.9 Å². The molecule has 0 radical (unpaired) electrons. The van der Waals surface area contributed by atoms with E-state index in [1.54, 1.807) is 14.2 Å². The van der Waals surface area contributed by atoms with Crippen LogP contribution in [0.5, 0.6) is 5.75 Å². The minimum Gasteiger partial charge on any atom is -0.497 e. The molecule has 2 saturated heterocycles. The lowest BCUT2D eigenvalue weighted by molar-refractivity contribution is 0.283. The molecule has 0 spiro atoms. The first kappa shape index (κ1) is 22.7. The van der Waals surface area contributed by atoms with Crippen molar-refractivity contribution in [3.8, 4) is 5.75 Å². The predicted octanol–water partition coefficient (Wildman–Crippen LogP) is 1.95. The van der Waals surface area contributed by atoms with E-state index in [4.69, 9.17) is 9.72 Å². The lowest BCUT2D eigenvalue weighted by Crippen LogP contribution is -2.47. The fourth-order valence-corrected chi connectivity index (χ4v) is 5.47. The van der Waals surface area contributed by atoms with Crippen molar-refractivity contribution in [2.24, 2.45) is 14.1 Å². The van der Waals surface area contributed by atoms with Crippen molar-refractivity contribution >= 4 is 17.1 Å². The smallest absolute Gasteiger partial charge is 0.332 e. The van der Waals surface area contributed by atoms with Gasteiger partial charge < -0.3 is 14.5 Å². The molecule has 9 heteroatoms. The first-order valence-corrected chi connectivity index (χ1v) is 12.3. The van der Waals surface area contributed by atoms with E-state index < -0.39 is 0 Å². The third-order valence-electron chi connectivity index (χ3n) is 7.35. The van der Waals surface area contributed by atoms with Gasteiger partial charge in [-0.3, -0.25) is 18.5 Å². The van der Waals surface area contributed by atoms with Gasteiger partial charge in [0.25, 0.3) is 5.56 Å². The number of hydrogen-bond donors (Lipinski definition) is 0. The highest BCUT2D eigenvalue weighted by molar-refractivity contribution is 5.75. The van der Waals surface area contributed by atoms with Gasteiger partial charge in [-0.25, -0.2) is 4.79 Å². The summed E-state index contributed by atoms with van der Waals surface area (Å²) in [5.74, 6) is 1.55. The largest absolute Gasteiger partial charge is 0.497 e. The van der Waals surface area contributed by atoms with Crippen LogP contribution >= 0.6 is 0 Å². The lowest BCUT2D eigenvalue weighted by atomic mass is 10.0. The molecule has 182 valence electrons. The summed E-state index contributed by atoms with van der Waals surface area (Å²) in [6.07, 6.45) is 5.93. The summed E-state index contributed by atoms with van der Waals surface area (Å²) < 4.78 is 10.1. The Morgan fingerprint density at radius 2 is 1.79 bits per heavy atom. The van der Waals surface area contributed by atoms with Gasteiger partial charge >= 0.3 is 5.69 Å². The second kappa shape index (κ2) is 9.29. The molecule has 0 N–H and O–H groups in total. The number of methoxy groups -OCH3 is 1. The summed E-state index contributed by atoms with van der Waals surface area (Å²) in [7, 11) is 4.87. The molecule has 1 unspecified atom stereocenters. The third kappa shape index (κ3) is 4.02. The van der Waals surface area contributed by atoms with Gasteiger partial charge in [-0.2, -0.15) is 4.98 Å². The number of benzene rings is 1.